The minimum absolute atomic E-state index is 0.0203. The van der Waals surface area contributed by atoms with Crippen LogP contribution in [0.25, 0.3) is 0 Å². The van der Waals surface area contributed by atoms with E-state index in [-0.39, 0.29) is 11.8 Å². The monoisotopic (exact) mass is 474 g/mol. The Morgan fingerprint density at radius 3 is 0.811 bits per heavy atom. The first-order valence-electron chi connectivity index (χ1n) is 12.0. The molecule has 4 aromatic carbocycles. The molecule has 0 heterocycles. The molecule has 0 saturated heterocycles. The molecular weight excluding hydrogens is 448 g/mol. The Labute approximate surface area is 220 Å². The summed E-state index contributed by atoms with van der Waals surface area (Å²) in [5, 5.41) is 0. The lowest BCUT2D eigenvalue weighted by atomic mass is 9.90. The van der Waals surface area contributed by atoms with Crippen molar-refractivity contribution >= 4 is 0 Å². The average molecular weight is 475 g/mol. The van der Waals surface area contributed by atoms with Gasteiger partial charge in [0.15, 0.2) is 0 Å². The van der Waals surface area contributed by atoms with Gasteiger partial charge in [-0.05, 0) is 70.8 Å². The van der Waals surface area contributed by atoms with Gasteiger partial charge in [-0.1, -0.05) is 72.2 Å². The van der Waals surface area contributed by atoms with Crippen LogP contribution in [0.1, 0.15) is 56.3 Å². The van der Waals surface area contributed by atoms with Gasteiger partial charge in [-0.2, -0.15) is 0 Å². The Balaban J connectivity index is 1.60. The van der Waals surface area contributed by atoms with E-state index in [2.05, 4.69) is 72.2 Å². The fourth-order valence-corrected chi connectivity index (χ4v) is 4.32. The summed E-state index contributed by atoms with van der Waals surface area (Å²) in [6, 6.07) is 32.2. The first kappa shape index (κ1) is 25.2. The smallest absolute Gasteiger partial charge is 0.0575 e. The summed E-state index contributed by atoms with van der Waals surface area (Å²) in [6.07, 6.45) is 22.3. The average Bonchev–Trinajstić information content (AvgIpc) is 2.98. The van der Waals surface area contributed by atoms with Crippen molar-refractivity contribution in [2.75, 3.05) is 13.2 Å². The third-order valence-corrected chi connectivity index (χ3v) is 6.49. The van der Waals surface area contributed by atoms with Crippen molar-refractivity contribution < 1.29 is 4.74 Å². The molecule has 37 heavy (non-hydrogen) atoms. The molecule has 1 heteroatoms. The fourth-order valence-electron chi connectivity index (χ4n) is 4.32. The number of benzene rings is 4. The van der Waals surface area contributed by atoms with Crippen LogP contribution in [-0.2, 0) is 4.74 Å². The van der Waals surface area contributed by atoms with E-state index in [1.165, 1.54) is 0 Å². The molecule has 0 aliphatic carbocycles. The van der Waals surface area contributed by atoms with E-state index in [1.807, 2.05) is 48.5 Å². The predicted molar refractivity (Wildman–Crippen MR) is 152 cm³/mol. The highest BCUT2D eigenvalue weighted by Gasteiger charge is 2.19. The lowest BCUT2D eigenvalue weighted by Gasteiger charge is -2.22. The molecule has 0 fully saturated rings. The molecule has 0 unspecified atom stereocenters. The Bertz CT molecular complexity index is 1260. The molecule has 0 bridgehead atoms. The summed E-state index contributed by atoms with van der Waals surface area (Å²) in [4.78, 5) is 0. The number of ether oxygens (including phenoxy) is 1. The zero-order valence-electron chi connectivity index (χ0n) is 20.5. The zero-order chi connectivity index (χ0) is 26.0. The Kier molecular flexibility index (Phi) is 8.28. The normalized spacial score (nSPS) is 10.3. The van der Waals surface area contributed by atoms with Gasteiger partial charge in [0, 0.05) is 34.1 Å². The predicted octanol–water partition coefficient (Wildman–Crippen LogP) is 6.59. The molecule has 0 aromatic heterocycles. The van der Waals surface area contributed by atoms with E-state index in [9.17, 15) is 0 Å². The maximum Gasteiger partial charge on any atom is 0.0575 e. The highest BCUT2D eigenvalue weighted by molar-refractivity contribution is 5.43. The van der Waals surface area contributed by atoms with Crippen molar-refractivity contribution in [2.45, 2.75) is 11.8 Å². The van der Waals surface area contributed by atoms with Crippen LogP contribution >= 0.6 is 0 Å². The van der Waals surface area contributed by atoms with Gasteiger partial charge in [0.1, 0.15) is 0 Å². The van der Waals surface area contributed by atoms with Crippen molar-refractivity contribution in [3.63, 3.8) is 0 Å². The van der Waals surface area contributed by atoms with Crippen LogP contribution < -0.4 is 0 Å². The molecule has 0 aliphatic rings. The number of hydrogen-bond donors (Lipinski definition) is 0. The number of rotatable bonds is 8. The van der Waals surface area contributed by atoms with Crippen LogP contribution in [0.15, 0.2) is 97.1 Å². The third-order valence-electron chi connectivity index (χ3n) is 6.49. The molecule has 4 rings (SSSR count). The van der Waals surface area contributed by atoms with Crippen LogP contribution in [-0.4, -0.2) is 13.2 Å². The second kappa shape index (κ2) is 12.2. The van der Waals surface area contributed by atoms with E-state index in [4.69, 9.17) is 30.4 Å². The molecule has 0 amide bonds. The van der Waals surface area contributed by atoms with E-state index < -0.39 is 0 Å². The third kappa shape index (κ3) is 6.21. The van der Waals surface area contributed by atoms with E-state index in [0.717, 1.165) is 44.5 Å². The Hall–Kier alpha value is -4.92. The van der Waals surface area contributed by atoms with Crippen LogP contribution in [0.3, 0.4) is 0 Å². The summed E-state index contributed by atoms with van der Waals surface area (Å²) in [7, 11) is 0. The minimum atomic E-state index is 0.0203. The van der Waals surface area contributed by atoms with Gasteiger partial charge in [-0.15, -0.1) is 25.7 Å². The van der Waals surface area contributed by atoms with E-state index in [1.54, 1.807) is 0 Å². The SMILES string of the molecule is C#Cc1ccc(C(COCC(c2ccc(C#C)cc2)c2ccc(C#C)cc2)c2ccc(C#C)cc2)cc1. The molecule has 0 radical (unpaired) electrons. The molecule has 0 N–H and O–H groups in total. The highest BCUT2D eigenvalue weighted by Crippen LogP contribution is 2.29. The summed E-state index contributed by atoms with van der Waals surface area (Å²) in [5.74, 6) is 10.8. The molecule has 0 atom stereocenters. The summed E-state index contributed by atoms with van der Waals surface area (Å²) in [6.45, 7) is 0.984. The topological polar surface area (TPSA) is 9.23 Å². The van der Waals surface area contributed by atoms with Gasteiger partial charge in [-0.25, -0.2) is 0 Å². The van der Waals surface area contributed by atoms with E-state index in [0.29, 0.717) is 13.2 Å². The molecule has 0 spiro atoms. The van der Waals surface area contributed by atoms with Gasteiger partial charge >= 0.3 is 0 Å². The van der Waals surface area contributed by atoms with Gasteiger partial charge in [0.2, 0.25) is 0 Å². The van der Waals surface area contributed by atoms with Crippen LogP contribution in [0, 0.1) is 49.4 Å². The van der Waals surface area contributed by atoms with Crippen molar-refractivity contribution in [1.29, 1.82) is 0 Å². The minimum Gasteiger partial charge on any atom is -0.379 e. The first-order valence-corrected chi connectivity index (χ1v) is 12.0. The zero-order valence-corrected chi connectivity index (χ0v) is 20.5. The molecule has 4 aromatic rings. The fraction of sp³-hybridized carbons (Fsp3) is 0.111. The lowest BCUT2D eigenvalue weighted by Crippen LogP contribution is -2.15. The van der Waals surface area contributed by atoms with Gasteiger partial charge < -0.3 is 4.74 Å². The number of hydrogen-bond acceptors (Lipinski definition) is 1. The quantitative estimate of drug-likeness (QED) is 0.262. The van der Waals surface area contributed by atoms with Crippen molar-refractivity contribution in [3.8, 4) is 49.4 Å². The maximum atomic E-state index is 6.44. The van der Waals surface area contributed by atoms with Gasteiger partial charge in [0.05, 0.1) is 13.2 Å². The van der Waals surface area contributed by atoms with E-state index >= 15 is 0 Å². The van der Waals surface area contributed by atoms with Gasteiger partial charge in [0.25, 0.3) is 0 Å². The Morgan fingerprint density at radius 1 is 0.405 bits per heavy atom. The second-order valence-electron chi connectivity index (χ2n) is 8.71. The summed E-state index contributed by atoms with van der Waals surface area (Å²) >= 11 is 0. The molecule has 176 valence electrons. The number of terminal acetylenes is 4. The molecular formula is C36H26O. The summed E-state index contributed by atoms with van der Waals surface area (Å²) < 4.78 is 6.44. The van der Waals surface area contributed by atoms with Crippen LogP contribution in [0.4, 0.5) is 0 Å². The van der Waals surface area contributed by atoms with Crippen molar-refractivity contribution in [2.24, 2.45) is 0 Å². The van der Waals surface area contributed by atoms with Crippen molar-refractivity contribution in [3.05, 3.63) is 142 Å². The lowest BCUT2D eigenvalue weighted by molar-refractivity contribution is 0.121. The largest absolute Gasteiger partial charge is 0.379 e. The molecule has 1 nitrogen and oxygen atoms in total. The summed E-state index contributed by atoms with van der Waals surface area (Å²) in [5.41, 5.74) is 7.88. The standard InChI is InChI=1S/C36H26O/c1-5-27-9-17-31(18-10-27)35(32-19-11-28(6-2)12-20-32)25-37-26-36(33-21-13-29(7-3)14-22-33)34-23-15-30(8-4)16-24-34/h1-4,9-24,35-36H,25-26H2. The maximum absolute atomic E-state index is 6.44. The Morgan fingerprint density at radius 2 is 0.622 bits per heavy atom. The van der Waals surface area contributed by atoms with Crippen molar-refractivity contribution in [1.82, 2.24) is 0 Å². The van der Waals surface area contributed by atoms with Crippen LogP contribution in [0.2, 0.25) is 0 Å². The first-order chi connectivity index (χ1) is 18.1. The second-order valence-corrected chi connectivity index (χ2v) is 8.71. The van der Waals surface area contributed by atoms with Crippen LogP contribution in [0.5, 0.6) is 0 Å². The molecule has 0 saturated carbocycles. The highest BCUT2D eigenvalue weighted by atomic mass is 16.5. The van der Waals surface area contributed by atoms with Gasteiger partial charge in [-0.3, -0.25) is 0 Å². The molecule has 0 aliphatic heterocycles.